The van der Waals surface area contributed by atoms with Gasteiger partial charge in [0.25, 0.3) is 0 Å². The monoisotopic (exact) mass is 529 g/mol. The molecule has 4 aromatic carbocycles. The average molecular weight is 530 g/mol. The molecular weight excluding hydrogens is 502 g/mol. The number of aromatic nitrogens is 1. The fraction of sp³-hybridized carbons (Fsp3) is 0.0882. The SMILES string of the molecule is Cc1cccc(C)c1C(=O)c1cnc2cc(OCc3ccccc3)ccc2c1Oc1ccc(/C=C/C(=O)O)cc1. The number of aliphatic carboxylic acids is 1. The molecule has 0 unspecified atom stereocenters. The highest BCUT2D eigenvalue weighted by atomic mass is 16.5. The minimum absolute atomic E-state index is 0.176. The second kappa shape index (κ2) is 11.7. The van der Waals surface area contributed by atoms with Crippen molar-refractivity contribution in [3.05, 3.63) is 137 Å². The maximum absolute atomic E-state index is 13.9. The Morgan fingerprint density at radius 3 is 2.25 bits per heavy atom. The smallest absolute Gasteiger partial charge is 0.328 e. The van der Waals surface area contributed by atoms with Crippen LogP contribution in [0.15, 0.2) is 103 Å². The number of ketones is 1. The number of hydrogen-bond acceptors (Lipinski definition) is 5. The Bertz CT molecular complexity index is 1700. The van der Waals surface area contributed by atoms with Gasteiger partial charge in [-0.15, -0.1) is 0 Å². The molecule has 0 aliphatic heterocycles. The van der Waals surface area contributed by atoms with E-state index in [1.54, 1.807) is 30.5 Å². The van der Waals surface area contributed by atoms with Gasteiger partial charge >= 0.3 is 5.97 Å². The Morgan fingerprint density at radius 1 is 0.850 bits per heavy atom. The Labute approximate surface area is 232 Å². The highest BCUT2D eigenvalue weighted by Gasteiger charge is 2.22. The van der Waals surface area contributed by atoms with E-state index in [1.165, 1.54) is 6.08 Å². The van der Waals surface area contributed by atoms with E-state index < -0.39 is 5.97 Å². The molecule has 198 valence electrons. The molecule has 0 spiro atoms. The van der Waals surface area contributed by atoms with E-state index in [1.807, 2.05) is 80.6 Å². The summed E-state index contributed by atoms with van der Waals surface area (Å²) in [4.78, 5) is 29.3. The van der Waals surface area contributed by atoms with E-state index >= 15 is 0 Å². The van der Waals surface area contributed by atoms with Gasteiger partial charge in [-0.05, 0) is 66.4 Å². The first-order chi connectivity index (χ1) is 19.4. The first-order valence-corrected chi connectivity index (χ1v) is 12.8. The van der Waals surface area contributed by atoms with Gasteiger partial charge in [0.2, 0.25) is 0 Å². The van der Waals surface area contributed by atoms with Crippen molar-refractivity contribution in [1.29, 1.82) is 0 Å². The molecule has 5 rings (SSSR count). The summed E-state index contributed by atoms with van der Waals surface area (Å²) in [6, 6.07) is 28.1. The molecular formula is C34H27NO5. The summed E-state index contributed by atoms with van der Waals surface area (Å²) in [6.07, 6.45) is 4.13. The molecule has 6 heteroatoms. The number of carboxylic acids is 1. The number of fused-ring (bicyclic) bond motifs is 1. The summed E-state index contributed by atoms with van der Waals surface area (Å²) in [5.41, 5.74) is 5.09. The number of carbonyl (C=O) groups is 2. The third-order valence-corrected chi connectivity index (χ3v) is 6.51. The molecule has 1 heterocycles. The van der Waals surface area contributed by atoms with Crippen molar-refractivity contribution in [2.75, 3.05) is 0 Å². The molecule has 0 aliphatic carbocycles. The quantitative estimate of drug-likeness (QED) is 0.157. The molecule has 6 nitrogen and oxygen atoms in total. The zero-order valence-corrected chi connectivity index (χ0v) is 22.1. The number of carbonyl (C=O) groups excluding carboxylic acids is 1. The average Bonchev–Trinajstić information content (AvgIpc) is 2.96. The molecule has 0 bridgehead atoms. The topological polar surface area (TPSA) is 85.7 Å². The predicted octanol–water partition coefficient (Wildman–Crippen LogP) is 7.55. The van der Waals surface area contributed by atoms with Gasteiger partial charge < -0.3 is 14.6 Å². The minimum Gasteiger partial charge on any atom is -0.489 e. The molecule has 1 aromatic heterocycles. The largest absolute Gasteiger partial charge is 0.489 e. The van der Waals surface area contributed by atoms with Gasteiger partial charge in [-0.3, -0.25) is 9.78 Å². The number of pyridine rings is 1. The van der Waals surface area contributed by atoms with Crippen LogP contribution in [0.1, 0.15) is 38.2 Å². The Hall–Kier alpha value is -5.23. The summed E-state index contributed by atoms with van der Waals surface area (Å²) in [5.74, 6) is 0.343. The molecule has 0 aliphatic rings. The standard InChI is InChI=1S/C34H27NO5/c1-22-7-6-8-23(2)32(22)33(38)29-20-35-30-19-27(39-21-25-9-4-3-5-10-25)16-17-28(30)34(29)40-26-14-11-24(12-15-26)13-18-31(36)37/h3-20H,21H2,1-2H3,(H,36,37)/b18-13+. The lowest BCUT2D eigenvalue weighted by Gasteiger charge is -2.16. The molecule has 0 saturated heterocycles. The Morgan fingerprint density at radius 2 is 1.55 bits per heavy atom. The zero-order valence-electron chi connectivity index (χ0n) is 22.1. The van der Waals surface area contributed by atoms with Crippen LogP contribution < -0.4 is 9.47 Å². The fourth-order valence-corrected chi connectivity index (χ4v) is 4.49. The molecule has 0 saturated carbocycles. The van der Waals surface area contributed by atoms with Gasteiger partial charge in [0.05, 0.1) is 11.1 Å². The van der Waals surface area contributed by atoms with E-state index in [9.17, 15) is 9.59 Å². The lowest BCUT2D eigenvalue weighted by atomic mass is 9.94. The van der Waals surface area contributed by atoms with E-state index in [4.69, 9.17) is 14.6 Å². The molecule has 0 radical (unpaired) electrons. The van der Waals surface area contributed by atoms with Crippen LogP contribution in [-0.2, 0) is 11.4 Å². The van der Waals surface area contributed by atoms with Crippen LogP contribution in [0.5, 0.6) is 17.2 Å². The van der Waals surface area contributed by atoms with Gasteiger partial charge in [0.15, 0.2) is 5.78 Å². The molecule has 0 atom stereocenters. The van der Waals surface area contributed by atoms with Crippen LogP contribution in [0, 0.1) is 13.8 Å². The van der Waals surface area contributed by atoms with Crippen molar-refractivity contribution in [2.45, 2.75) is 20.5 Å². The first-order valence-electron chi connectivity index (χ1n) is 12.8. The normalized spacial score (nSPS) is 11.1. The van der Waals surface area contributed by atoms with Gasteiger partial charge in [-0.1, -0.05) is 60.7 Å². The molecule has 0 fully saturated rings. The lowest BCUT2D eigenvalue weighted by Crippen LogP contribution is -2.09. The van der Waals surface area contributed by atoms with Crippen molar-refractivity contribution >= 4 is 28.7 Å². The third-order valence-electron chi connectivity index (χ3n) is 6.51. The highest BCUT2D eigenvalue weighted by Crippen LogP contribution is 2.36. The first kappa shape index (κ1) is 26.4. The van der Waals surface area contributed by atoms with E-state index in [0.717, 1.165) is 22.8 Å². The van der Waals surface area contributed by atoms with Crippen molar-refractivity contribution < 1.29 is 24.2 Å². The molecule has 40 heavy (non-hydrogen) atoms. The van der Waals surface area contributed by atoms with Crippen LogP contribution in [-0.4, -0.2) is 21.8 Å². The van der Waals surface area contributed by atoms with Crippen molar-refractivity contribution in [3.63, 3.8) is 0 Å². The predicted molar refractivity (Wildman–Crippen MR) is 155 cm³/mol. The van der Waals surface area contributed by atoms with Crippen LogP contribution in [0.25, 0.3) is 17.0 Å². The van der Waals surface area contributed by atoms with E-state index in [-0.39, 0.29) is 5.78 Å². The Balaban J connectivity index is 1.54. The van der Waals surface area contributed by atoms with Crippen molar-refractivity contribution in [1.82, 2.24) is 4.98 Å². The zero-order chi connectivity index (χ0) is 28.1. The lowest BCUT2D eigenvalue weighted by molar-refractivity contribution is -0.131. The van der Waals surface area contributed by atoms with Gasteiger partial charge in [-0.25, -0.2) is 4.79 Å². The van der Waals surface area contributed by atoms with Crippen LogP contribution in [0.3, 0.4) is 0 Å². The second-order valence-corrected chi connectivity index (χ2v) is 9.39. The maximum Gasteiger partial charge on any atom is 0.328 e. The summed E-state index contributed by atoms with van der Waals surface area (Å²) in [5, 5.41) is 9.56. The van der Waals surface area contributed by atoms with Crippen LogP contribution in [0.2, 0.25) is 0 Å². The van der Waals surface area contributed by atoms with Crippen molar-refractivity contribution in [2.24, 2.45) is 0 Å². The highest BCUT2D eigenvalue weighted by molar-refractivity contribution is 6.14. The fourth-order valence-electron chi connectivity index (χ4n) is 4.49. The second-order valence-electron chi connectivity index (χ2n) is 9.39. The summed E-state index contributed by atoms with van der Waals surface area (Å²) in [7, 11) is 0. The maximum atomic E-state index is 13.9. The number of rotatable bonds is 9. The molecule has 1 N–H and O–H groups in total. The molecule has 0 amide bonds. The number of nitrogens with zero attached hydrogens (tertiary/aromatic N) is 1. The van der Waals surface area contributed by atoms with Gasteiger partial charge in [0.1, 0.15) is 23.9 Å². The van der Waals surface area contributed by atoms with Gasteiger partial charge in [0, 0.05) is 29.3 Å². The van der Waals surface area contributed by atoms with Crippen molar-refractivity contribution in [3.8, 4) is 17.2 Å². The number of carboxylic acid groups (broad SMARTS) is 1. The van der Waals surface area contributed by atoms with Crippen LogP contribution in [0.4, 0.5) is 0 Å². The summed E-state index contributed by atoms with van der Waals surface area (Å²) >= 11 is 0. The van der Waals surface area contributed by atoms with E-state index in [0.29, 0.717) is 51.4 Å². The number of ether oxygens (including phenoxy) is 2. The third kappa shape index (κ3) is 5.92. The Kier molecular flexibility index (Phi) is 7.69. The minimum atomic E-state index is -1.02. The summed E-state index contributed by atoms with van der Waals surface area (Å²) in [6.45, 7) is 4.24. The summed E-state index contributed by atoms with van der Waals surface area (Å²) < 4.78 is 12.3. The number of benzene rings is 4. The number of hydrogen-bond donors (Lipinski definition) is 1. The van der Waals surface area contributed by atoms with Gasteiger partial charge in [-0.2, -0.15) is 0 Å². The number of aryl methyl sites for hydroxylation is 2. The van der Waals surface area contributed by atoms with E-state index in [2.05, 4.69) is 4.98 Å². The van der Waals surface area contributed by atoms with Crippen LogP contribution >= 0.6 is 0 Å². The molecule has 5 aromatic rings.